The van der Waals surface area contributed by atoms with E-state index in [1.54, 1.807) is 12.4 Å². The highest BCUT2D eigenvalue weighted by molar-refractivity contribution is 5.34. The molecule has 0 aliphatic heterocycles. The minimum absolute atomic E-state index is 0.336. The third-order valence-corrected chi connectivity index (χ3v) is 2.28. The molecular weight excluding hydrogens is 204 g/mol. The van der Waals surface area contributed by atoms with Gasteiger partial charge in [0, 0.05) is 25.5 Å². The first-order valence-corrected chi connectivity index (χ1v) is 5.11. The molecule has 0 aliphatic rings. The van der Waals surface area contributed by atoms with Crippen molar-refractivity contribution in [3.8, 4) is 0 Å². The maximum Gasteiger partial charge on any atom is 0.246 e. The van der Waals surface area contributed by atoms with Crippen LogP contribution in [0.1, 0.15) is 12.5 Å². The van der Waals surface area contributed by atoms with E-state index in [9.17, 15) is 0 Å². The molecule has 0 atom stereocenters. The molecular formula is C10H14N6. The van der Waals surface area contributed by atoms with Crippen molar-refractivity contribution >= 4 is 11.9 Å². The molecule has 84 valence electrons. The first-order chi connectivity index (χ1) is 7.79. The Bertz CT molecular complexity index is 438. The Morgan fingerprint density at radius 2 is 2.12 bits per heavy atom. The van der Waals surface area contributed by atoms with E-state index in [1.807, 2.05) is 24.0 Å². The maximum absolute atomic E-state index is 5.50. The lowest BCUT2D eigenvalue weighted by molar-refractivity contribution is 0.793. The second-order valence-electron chi connectivity index (χ2n) is 3.39. The summed E-state index contributed by atoms with van der Waals surface area (Å²) in [5.41, 5.74) is 6.67. The van der Waals surface area contributed by atoms with Crippen LogP contribution in [-0.2, 0) is 6.54 Å². The summed E-state index contributed by atoms with van der Waals surface area (Å²) in [6.07, 6.45) is 3.55. The summed E-state index contributed by atoms with van der Waals surface area (Å²) in [7, 11) is 0. The van der Waals surface area contributed by atoms with E-state index in [0.29, 0.717) is 11.9 Å². The predicted molar refractivity (Wildman–Crippen MR) is 61.8 cm³/mol. The Morgan fingerprint density at radius 1 is 1.38 bits per heavy atom. The van der Waals surface area contributed by atoms with Gasteiger partial charge in [-0.2, -0.15) is 4.98 Å². The van der Waals surface area contributed by atoms with Crippen molar-refractivity contribution in [1.29, 1.82) is 0 Å². The molecule has 2 heterocycles. The first-order valence-electron chi connectivity index (χ1n) is 5.11. The third-order valence-electron chi connectivity index (χ3n) is 2.28. The molecule has 0 spiro atoms. The Hall–Kier alpha value is -2.11. The van der Waals surface area contributed by atoms with Gasteiger partial charge in [-0.1, -0.05) is 0 Å². The molecule has 16 heavy (non-hydrogen) atoms. The summed E-state index contributed by atoms with van der Waals surface area (Å²) in [5, 5.41) is 6.66. The molecule has 3 N–H and O–H groups in total. The number of rotatable bonds is 4. The largest absolute Gasteiger partial charge is 0.368 e. The molecule has 0 unspecified atom stereocenters. The van der Waals surface area contributed by atoms with E-state index in [1.165, 1.54) is 5.56 Å². The van der Waals surface area contributed by atoms with E-state index in [4.69, 9.17) is 5.73 Å². The number of anilines is 2. The molecule has 2 aromatic heterocycles. The van der Waals surface area contributed by atoms with Crippen LogP contribution in [0.2, 0.25) is 0 Å². The van der Waals surface area contributed by atoms with Crippen molar-refractivity contribution in [3.05, 3.63) is 30.1 Å². The van der Waals surface area contributed by atoms with Gasteiger partial charge in [0.25, 0.3) is 0 Å². The van der Waals surface area contributed by atoms with E-state index in [-0.39, 0.29) is 0 Å². The van der Waals surface area contributed by atoms with Gasteiger partial charge in [0.1, 0.15) is 0 Å². The number of hydrogen-bond acceptors (Lipinski definition) is 5. The van der Waals surface area contributed by atoms with E-state index in [0.717, 1.165) is 13.1 Å². The fourth-order valence-corrected chi connectivity index (χ4v) is 1.44. The van der Waals surface area contributed by atoms with Gasteiger partial charge in [-0.3, -0.25) is 4.98 Å². The van der Waals surface area contributed by atoms with Gasteiger partial charge in [0.2, 0.25) is 11.9 Å². The number of H-pyrrole nitrogens is 1. The predicted octanol–water partition coefficient (Wildman–Crippen LogP) is 0.808. The van der Waals surface area contributed by atoms with Gasteiger partial charge in [-0.25, -0.2) is 5.10 Å². The van der Waals surface area contributed by atoms with Crippen molar-refractivity contribution in [2.24, 2.45) is 0 Å². The molecule has 0 saturated carbocycles. The topological polar surface area (TPSA) is 83.7 Å². The van der Waals surface area contributed by atoms with Gasteiger partial charge in [-0.05, 0) is 24.6 Å². The number of nitrogens with one attached hydrogen (secondary N) is 1. The van der Waals surface area contributed by atoms with Gasteiger partial charge in [-0.15, -0.1) is 5.10 Å². The minimum Gasteiger partial charge on any atom is -0.368 e. The molecule has 0 radical (unpaired) electrons. The third kappa shape index (κ3) is 2.28. The van der Waals surface area contributed by atoms with Crippen LogP contribution in [0.5, 0.6) is 0 Å². The van der Waals surface area contributed by atoms with Crippen molar-refractivity contribution < 1.29 is 0 Å². The lowest BCUT2D eigenvalue weighted by atomic mass is 10.2. The highest BCUT2D eigenvalue weighted by Crippen LogP contribution is 2.11. The van der Waals surface area contributed by atoms with Gasteiger partial charge < -0.3 is 10.6 Å². The van der Waals surface area contributed by atoms with Gasteiger partial charge >= 0.3 is 0 Å². The highest BCUT2D eigenvalue weighted by Gasteiger charge is 2.09. The number of hydrogen-bond donors (Lipinski definition) is 2. The van der Waals surface area contributed by atoms with E-state index < -0.39 is 0 Å². The molecule has 6 heteroatoms. The Labute approximate surface area is 93.5 Å². The normalized spacial score (nSPS) is 10.3. The first kappa shape index (κ1) is 10.4. The maximum atomic E-state index is 5.50. The second kappa shape index (κ2) is 4.61. The standard InChI is InChI=1S/C10H14N6/c1-2-16(10-13-9(11)14-15-10)7-8-3-5-12-6-4-8/h3-6H,2,7H2,1H3,(H3,11,13,14,15). The van der Waals surface area contributed by atoms with Crippen molar-refractivity contribution in [1.82, 2.24) is 20.2 Å². The SMILES string of the molecule is CCN(Cc1ccncc1)c1n[nH]c(N)n1. The monoisotopic (exact) mass is 218 g/mol. The van der Waals surface area contributed by atoms with Crippen LogP contribution in [0.3, 0.4) is 0 Å². The molecule has 0 amide bonds. The zero-order valence-electron chi connectivity index (χ0n) is 9.09. The van der Waals surface area contributed by atoms with Crippen LogP contribution in [0.4, 0.5) is 11.9 Å². The highest BCUT2D eigenvalue weighted by atomic mass is 15.4. The summed E-state index contributed by atoms with van der Waals surface area (Å²) in [6, 6.07) is 3.94. The molecule has 0 bridgehead atoms. The fourth-order valence-electron chi connectivity index (χ4n) is 1.44. The Kier molecular flexibility index (Phi) is 3.00. The molecule has 0 aliphatic carbocycles. The van der Waals surface area contributed by atoms with Gasteiger partial charge in [0.15, 0.2) is 0 Å². The minimum atomic E-state index is 0.336. The molecule has 0 saturated heterocycles. The van der Waals surface area contributed by atoms with E-state index >= 15 is 0 Å². The number of nitrogens with two attached hydrogens (primary N) is 1. The van der Waals surface area contributed by atoms with Crippen LogP contribution >= 0.6 is 0 Å². The lowest BCUT2D eigenvalue weighted by Gasteiger charge is -2.18. The quantitative estimate of drug-likeness (QED) is 0.793. The number of aromatic nitrogens is 4. The van der Waals surface area contributed by atoms with Crippen molar-refractivity contribution in [3.63, 3.8) is 0 Å². The molecule has 2 aromatic rings. The summed E-state index contributed by atoms with van der Waals surface area (Å²) in [4.78, 5) is 10.1. The van der Waals surface area contributed by atoms with E-state index in [2.05, 4.69) is 20.2 Å². The summed E-state index contributed by atoms with van der Waals surface area (Å²) >= 11 is 0. The summed E-state index contributed by atoms with van der Waals surface area (Å²) < 4.78 is 0. The molecule has 0 aromatic carbocycles. The van der Waals surface area contributed by atoms with Crippen LogP contribution in [0.15, 0.2) is 24.5 Å². The van der Waals surface area contributed by atoms with Crippen molar-refractivity contribution in [2.45, 2.75) is 13.5 Å². The average Bonchev–Trinajstić information content (AvgIpc) is 2.74. The Morgan fingerprint density at radius 3 is 2.69 bits per heavy atom. The Balaban J connectivity index is 2.12. The zero-order valence-corrected chi connectivity index (χ0v) is 9.09. The van der Waals surface area contributed by atoms with Crippen LogP contribution in [0.25, 0.3) is 0 Å². The smallest absolute Gasteiger partial charge is 0.246 e. The van der Waals surface area contributed by atoms with Gasteiger partial charge in [0.05, 0.1) is 0 Å². The van der Waals surface area contributed by atoms with Crippen LogP contribution in [0, 0.1) is 0 Å². The van der Waals surface area contributed by atoms with Crippen molar-refractivity contribution in [2.75, 3.05) is 17.2 Å². The number of aromatic amines is 1. The summed E-state index contributed by atoms with van der Waals surface area (Å²) in [5.74, 6) is 0.958. The molecule has 6 nitrogen and oxygen atoms in total. The average molecular weight is 218 g/mol. The lowest BCUT2D eigenvalue weighted by Crippen LogP contribution is -2.23. The molecule has 0 fully saturated rings. The van der Waals surface area contributed by atoms with Crippen LogP contribution in [-0.4, -0.2) is 26.7 Å². The second-order valence-corrected chi connectivity index (χ2v) is 3.39. The van der Waals surface area contributed by atoms with Crippen LogP contribution < -0.4 is 10.6 Å². The number of pyridine rings is 1. The fraction of sp³-hybridized carbons (Fsp3) is 0.300. The molecule has 2 rings (SSSR count). The number of nitrogens with zero attached hydrogens (tertiary/aromatic N) is 4. The zero-order chi connectivity index (χ0) is 11.4. The summed E-state index contributed by atoms with van der Waals surface area (Å²) in [6.45, 7) is 3.61. The number of nitrogen functional groups attached to an aromatic ring is 1.